The zero-order chi connectivity index (χ0) is 10.3. The van der Waals surface area contributed by atoms with Gasteiger partial charge in [0, 0.05) is 19.8 Å². The standard InChI is InChI=1S/C9H12N4S/c1-6-4-5-7-8(10-6)13(12(2)3)9(14)11-7/h4-5H,1-3H3,(H,11,14). The number of nitrogens with zero attached hydrogens (tertiary/aromatic N) is 3. The molecule has 0 saturated heterocycles. The number of aromatic amines is 1. The van der Waals surface area contributed by atoms with Crippen molar-refractivity contribution in [3.05, 3.63) is 22.6 Å². The molecule has 1 N–H and O–H groups in total. The lowest BCUT2D eigenvalue weighted by Gasteiger charge is -2.13. The van der Waals surface area contributed by atoms with Gasteiger partial charge in [-0.2, -0.15) is 0 Å². The average molecular weight is 208 g/mol. The van der Waals surface area contributed by atoms with E-state index in [4.69, 9.17) is 12.2 Å². The summed E-state index contributed by atoms with van der Waals surface area (Å²) in [6.07, 6.45) is 0. The zero-order valence-corrected chi connectivity index (χ0v) is 9.22. The Labute approximate surface area is 87.2 Å². The first kappa shape index (κ1) is 9.21. The van der Waals surface area contributed by atoms with Crippen molar-refractivity contribution < 1.29 is 0 Å². The summed E-state index contributed by atoms with van der Waals surface area (Å²) in [6.45, 7) is 1.97. The van der Waals surface area contributed by atoms with E-state index in [-0.39, 0.29) is 0 Å². The third-order valence-electron chi connectivity index (χ3n) is 2.05. The molecule has 4 nitrogen and oxygen atoms in total. The fraction of sp³-hybridized carbons (Fsp3) is 0.333. The lowest BCUT2D eigenvalue weighted by atomic mass is 10.3. The van der Waals surface area contributed by atoms with Crippen molar-refractivity contribution in [3.8, 4) is 0 Å². The fourth-order valence-electron chi connectivity index (χ4n) is 1.44. The Bertz CT molecular complexity index is 523. The quantitative estimate of drug-likeness (QED) is 0.723. The number of fused-ring (bicyclic) bond motifs is 1. The van der Waals surface area contributed by atoms with E-state index < -0.39 is 0 Å². The number of rotatable bonds is 1. The van der Waals surface area contributed by atoms with Gasteiger partial charge in [-0.1, -0.05) is 0 Å². The normalized spacial score (nSPS) is 10.8. The molecular weight excluding hydrogens is 196 g/mol. The van der Waals surface area contributed by atoms with E-state index in [0.29, 0.717) is 4.77 Å². The Morgan fingerprint density at radius 3 is 2.79 bits per heavy atom. The number of hydrogen-bond acceptors (Lipinski definition) is 3. The highest BCUT2D eigenvalue weighted by Gasteiger charge is 2.06. The molecule has 5 heteroatoms. The highest BCUT2D eigenvalue weighted by molar-refractivity contribution is 7.71. The maximum atomic E-state index is 5.20. The minimum absolute atomic E-state index is 0.670. The molecule has 0 aliphatic carbocycles. The molecule has 0 unspecified atom stereocenters. The Balaban J connectivity index is 2.86. The van der Waals surface area contributed by atoms with E-state index >= 15 is 0 Å². The predicted octanol–water partition coefficient (Wildman–Crippen LogP) is 1.60. The van der Waals surface area contributed by atoms with Crippen LogP contribution >= 0.6 is 12.2 Å². The van der Waals surface area contributed by atoms with Gasteiger partial charge in [-0.3, -0.25) is 0 Å². The van der Waals surface area contributed by atoms with E-state index in [0.717, 1.165) is 16.9 Å². The molecule has 2 rings (SSSR count). The molecule has 0 aromatic carbocycles. The van der Waals surface area contributed by atoms with Crippen LogP contribution in [0.15, 0.2) is 12.1 Å². The van der Waals surface area contributed by atoms with Crippen LogP contribution in [0.4, 0.5) is 0 Å². The van der Waals surface area contributed by atoms with Gasteiger partial charge in [0.15, 0.2) is 10.4 Å². The predicted molar refractivity (Wildman–Crippen MR) is 59.7 cm³/mol. The van der Waals surface area contributed by atoms with Crippen molar-refractivity contribution in [3.63, 3.8) is 0 Å². The molecule has 0 amide bonds. The maximum Gasteiger partial charge on any atom is 0.198 e. The third kappa shape index (κ3) is 1.29. The van der Waals surface area contributed by atoms with E-state index in [2.05, 4.69) is 9.97 Å². The van der Waals surface area contributed by atoms with Crippen LogP contribution < -0.4 is 5.01 Å². The number of aromatic nitrogens is 3. The molecule has 74 valence electrons. The van der Waals surface area contributed by atoms with Crippen LogP contribution in [0.1, 0.15) is 5.69 Å². The summed E-state index contributed by atoms with van der Waals surface area (Å²) in [5.41, 5.74) is 2.83. The minimum Gasteiger partial charge on any atom is -0.328 e. The number of hydrogen-bond donors (Lipinski definition) is 1. The number of nitrogens with one attached hydrogen (secondary N) is 1. The Morgan fingerprint density at radius 1 is 1.43 bits per heavy atom. The highest BCUT2D eigenvalue weighted by atomic mass is 32.1. The smallest absolute Gasteiger partial charge is 0.198 e. The molecule has 0 saturated carbocycles. The minimum atomic E-state index is 0.670. The molecule has 0 radical (unpaired) electrons. The number of aryl methyl sites for hydroxylation is 1. The number of H-pyrrole nitrogens is 1. The van der Waals surface area contributed by atoms with Gasteiger partial charge in [0.1, 0.15) is 0 Å². The number of imidazole rings is 1. The van der Waals surface area contributed by atoms with Gasteiger partial charge in [0.2, 0.25) is 0 Å². The van der Waals surface area contributed by atoms with Gasteiger partial charge in [-0.25, -0.2) is 9.66 Å². The van der Waals surface area contributed by atoms with E-state index in [9.17, 15) is 0 Å². The SMILES string of the molecule is Cc1ccc2[nH]c(=S)n(N(C)C)c2n1. The molecular formula is C9H12N4S. The summed E-state index contributed by atoms with van der Waals surface area (Å²) in [4.78, 5) is 7.55. The summed E-state index contributed by atoms with van der Waals surface area (Å²) in [5, 5.41) is 1.91. The molecule has 2 aromatic rings. The highest BCUT2D eigenvalue weighted by Crippen LogP contribution is 2.11. The van der Waals surface area contributed by atoms with Crippen molar-refractivity contribution in [1.82, 2.24) is 14.6 Å². The monoisotopic (exact) mass is 208 g/mol. The van der Waals surface area contributed by atoms with Gasteiger partial charge in [0.05, 0.1) is 5.52 Å². The van der Waals surface area contributed by atoms with Crippen molar-refractivity contribution in [2.24, 2.45) is 0 Å². The summed E-state index contributed by atoms with van der Waals surface area (Å²) in [5.74, 6) is 0. The van der Waals surface area contributed by atoms with Crippen LogP contribution in [0.25, 0.3) is 11.2 Å². The first-order valence-electron chi connectivity index (χ1n) is 4.35. The first-order valence-corrected chi connectivity index (χ1v) is 4.76. The molecule has 2 heterocycles. The Kier molecular flexibility index (Phi) is 2.03. The van der Waals surface area contributed by atoms with Crippen LogP contribution in [0.3, 0.4) is 0 Å². The fourth-order valence-corrected chi connectivity index (χ4v) is 1.80. The van der Waals surface area contributed by atoms with Gasteiger partial charge < -0.3 is 9.99 Å². The van der Waals surface area contributed by atoms with Crippen molar-refractivity contribution in [2.45, 2.75) is 6.92 Å². The van der Waals surface area contributed by atoms with Crippen molar-refractivity contribution in [2.75, 3.05) is 19.1 Å². The molecule has 0 fully saturated rings. The zero-order valence-electron chi connectivity index (χ0n) is 8.40. The first-order chi connectivity index (χ1) is 6.59. The maximum absolute atomic E-state index is 5.20. The second-order valence-electron chi connectivity index (χ2n) is 3.41. The van der Waals surface area contributed by atoms with Crippen molar-refractivity contribution in [1.29, 1.82) is 0 Å². The second-order valence-corrected chi connectivity index (χ2v) is 3.80. The lowest BCUT2D eigenvalue weighted by molar-refractivity contribution is 0.734. The molecule has 2 aromatic heterocycles. The van der Waals surface area contributed by atoms with E-state index in [1.54, 1.807) is 0 Å². The van der Waals surface area contributed by atoms with Gasteiger partial charge >= 0.3 is 0 Å². The largest absolute Gasteiger partial charge is 0.328 e. The molecule has 0 atom stereocenters. The molecule has 0 aliphatic rings. The summed E-state index contributed by atoms with van der Waals surface area (Å²) in [7, 11) is 3.88. The summed E-state index contributed by atoms with van der Waals surface area (Å²) >= 11 is 5.20. The molecule has 0 bridgehead atoms. The Morgan fingerprint density at radius 2 is 2.14 bits per heavy atom. The lowest BCUT2D eigenvalue weighted by Crippen LogP contribution is -2.25. The number of pyridine rings is 1. The van der Waals surface area contributed by atoms with E-state index in [1.807, 2.05) is 42.8 Å². The summed E-state index contributed by atoms with van der Waals surface area (Å²) < 4.78 is 2.54. The van der Waals surface area contributed by atoms with Gasteiger partial charge in [0.25, 0.3) is 0 Å². The van der Waals surface area contributed by atoms with Gasteiger partial charge in [-0.15, -0.1) is 0 Å². The third-order valence-corrected chi connectivity index (χ3v) is 2.32. The second kappa shape index (κ2) is 3.09. The van der Waals surface area contributed by atoms with Crippen LogP contribution in [0, 0.1) is 11.7 Å². The summed E-state index contributed by atoms with van der Waals surface area (Å²) in [6, 6.07) is 3.96. The van der Waals surface area contributed by atoms with Crippen LogP contribution in [0.2, 0.25) is 0 Å². The van der Waals surface area contributed by atoms with Crippen LogP contribution in [-0.4, -0.2) is 28.7 Å². The molecule has 0 aliphatic heterocycles. The van der Waals surface area contributed by atoms with Crippen LogP contribution in [-0.2, 0) is 0 Å². The Hall–Kier alpha value is -1.36. The van der Waals surface area contributed by atoms with Crippen LogP contribution in [0.5, 0.6) is 0 Å². The van der Waals surface area contributed by atoms with Gasteiger partial charge in [-0.05, 0) is 31.3 Å². The van der Waals surface area contributed by atoms with Crippen molar-refractivity contribution >= 4 is 23.4 Å². The average Bonchev–Trinajstić information content (AvgIpc) is 2.40. The molecule has 0 spiro atoms. The molecule has 14 heavy (non-hydrogen) atoms. The topological polar surface area (TPSA) is 36.9 Å². The van der Waals surface area contributed by atoms with E-state index in [1.165, 1.54) is 0 Å².